The van der Waals surface area contributed by atoms with E-state index in [0.717, 1.165) is 36.1 Å². The Balaban J connectivity index is 2.01. The molecule has 21 heavy (non-hydrogen) atoms. The lowest BCUT2D eigenvalue weighted by Gasteiger charge is -2.32. The van der Waals surface area contributed by atoms with Crippen molar-refractivity contribution >= 4 is 41.1 Å². The van der Waals surface area contributed by atoms with Crippen molar-refractivity contribution in [3.8, 4) is 5.75 Å². The fraction of sp³-hybridized carbons (Fsp3) is 0.500. The quantitative estimate of drug-likeness (QED) is 0.831. The van der Waals surface area contributed by atoms with Crippen LogP contribution < -0.4 is 9.46 Å². The fourth-order valence-corrected chi connectivity index (χ4v) is 3.67. The zero-order valence-corrected chi connectivity index (χ0v) is 14.2. The molecule has 4 nitrogen and oxygen atoms in total. The number of halogens is 2. The smallest absolute Gasteiger partial charge is 0.262 e. The van der Waals surface area contributed by atoms with Crippen LogP contribution in [0, 0.1) is 0 Å². The minimum atomic E-state index is -0.759. The molecule has 1 N–H and O–H groups in total. The van der Waals surface area contributed by atoms with Crippen molar-refractivity contribution in [2.75, 3.05) is 13.7 Å². The summed E-state index contributed by atoms with van der Waals surface area (Å²) in [6.45, 7) is 2.44. The molecule has 1 aromatic rings. The zero-order valence-electron chi connectivity index (χ0n) is 11.9. The summed E-state index contributed by atoms with van der Waals surface area (Å²) in [7, 11) is 1.50. The summed E-state index contributed by atoms with van der Waals surface area (Å²) in [5.74, 6) is 0.284. The van der Waals surface area contributed by atoms with Crippen LogP contribution in [-0.2, 0) is 9.53 Å². The highest BCUT2D eigenvalue weighted by atomic mass is 35.5. The highest BCUT2D eigenvalue weighted by Gasteiger charge is 2.36. The monoisotopic (exact) mass is 349 g/mol. The first-order chi connectivity index (χ1) is 9.96. The van der Waals surface area contributed by atoms with Crippen LogP contribution in [-0.4, -0.2) is 25.2 Å². The topological polar surface area (TPSA) is 47.6 Å². The summed E-state index contributed by atoms with van der Waals surface area (Å²) in [6.07, 6.45) is 2.72. The summed E-state index contributed by atoms with van der Waals surface area (Å²) >= 11 is 13.3. The van der Waals surface area contributed by atoms with Crippen LogP contribution in [0.3, 0.4) is 0 Å². The molecule has 2 rings (SSSR count). The highest BCUT2D eigenvalue weighted by molar-refractivity contribution is 7.98. The first-order valence-electron chi connectivity index (χ1n) is 6.60. The van der Waals surface area contributed by atoms with Gasteiger partial charge in [-0.3, -0.25) is 9.52 Å². The third-order valence-electron chi connectivity index (χ3n) is 3.39. The number of hydrogen-bond donors (Lipinski definition) is 1. The lowest BCUT2D eigenvalue weighted by Crippen LogP contribution is -2.46. The Morgan fingerprint density at radius 1 is 1.38 bits per heavy atom. The molecule has 0 bridgehead atoms. The number of rotatable bonds is 4. The average molecular weight is 350 g/mol. The van der Waals surface area contributed by atoms with E-state index in [1.54, 1.807) is 12.1 Å². The Morgan fingerprint density at radius 2 is 2.05 bits per heavy atom. The van der Waals surface area contributed by atoms with Crippen molar-refractivity contribution in [3.05, 3.63) is 22.2 Å². The molecule has 1 aliphatic rings. The molecule has 1 saturated heterocycles. The van der Waals surface area contributed by atoms with Gasteiger partial charge in [-0.25, -0.2) is 0 Å². The van der Waals surface area contributed by atoms with Gasteiger partial charge in [-0.05, 0) is 50.3 Å². The lowest BCUT2D eigenvalue weighted by atomic mass is 9.95. The Kier molecular flexibility index (Phi) is 5.66. The lowest BCUT2D eigenvalue weighted by molar-refractivity contribution is -0.148. The van der Waals surface area contributed by atoms with Crippen LogP contribution in [0.4, 0.5) is 0 Å². The molecular weight excluding hydrogens is 333 g/mol. The Labute approximate surface area is 138 Å². The van der Waals surface area contributed by atoms with Gasteiger partial charge in [-0.2, -0.15) is 0 Å². The van der Waals surface area contributed by atoms with Gasteiger partial charge in [-0.15, -0.1) is 0 Å². The van der Waals surface area contributed by atoms with E-state index >= 15 is 0 Å². The maximum atomic E-state index is 12.2. The molecule has 1 aromatic carbocycles. The number of amides is 1. The molecule has 116 valence electrons. The fourth-order valence-electron chi connectivity index (χ4n) is 2.12. The van der Waals surface area contributed by atoms with Gasteiger partial charge in [0, 0.05) is 11.5 Å². The zero-order chi connectivity index (χ0) is 15.5. The summed E-state index contributed by atoms with van der Waals surface area (Å²) < 4.78 is 13.5. The predicted octanol–water partition coefficient (Wildman–Crippen LogP) is 4.08. The molecule has 1 unspecified atom stereocenters. The molecule has 1 amide bonds. The molecule has 0 saturated carbocycles. The number of carbonyl (C=O) groups is 1. The van der Waals surface area contributed by atoms with Gasteiger partial charge in [0.05, 0.1) is 17.2 Å². The van der Waals surface area contributed by atoms with E-state index in [4.69, 9.17) is 32.7 Å². The van der Waals surface area contributed by atoms with Gasteiger partial charge >= 0.3 is 0 Å². The van der Waals surface area contributed by atoms with Gasteiger partial charge in [-0.1, -0.05) is 23.2 Å². The van der Waals surface area contributed by atoms with Crippen molar-refractivity contribution in [1.29, 1.82) is 0 Å². The standard InChI is InChI=1S/C14H17Cl2NO3S/c1-14(5-3-4-6-20-14)13(18)17-21-9-7-10(15)12(19-2)11(16)8-9/h7-8H,3-6H2,1-2H3,(H,17,18). The number of carbonyl (C=O) groups excluding carboxylic acids is 1. The molecule has 0 spiro atoms. The highest BCUT2D eigenvalue weighted by Crippen LogP contribution is 2.36. The first-order valence-corrected chi connectivity index (χ1v) is 8.18. The van der Waals surface area contributed by atoms with E-state index in [1.165, 1.54) is 7.11 Å². The Hall–Kier alpha value is -0.620. The maximum absolute atomic E-state index is 12.2. The average Bonchev–Trinajstić information content (AvgIpc) is 2.45. The minimum absolute atomic E-state index is 0.143. The molecule has 1 atom stereocenters. The van der Waals surface area contributed by atoms with E-state index in [2.05, 4.69) is 4.72 Å². The van der Waals surface area contributed by atoms with Crippen molar-refractivity contribution in [2.24, 2.45) is 0 Å². The largest absolute Gasteiger partial charge is 0.494 e. The first kappa shape index (κ1) is 16.7. The maximum Gasteiger partial charge on any atom is 0.262 e. The summed E-state index contributed by atoms with van der Waals surface area (Å²) in [6, 6.07) is 3.39. The molecule has 1 aliphatic heterocycles. The van der Waals surface area contributed by atoms with E-state index in [0.29, 0.717) is 22.4 Å². The minimum Gasteiger partial charge on any atom is -0.494 e. The van der Waals surface area contributed by atoms with E-state index in [-0.39, 0.29) is 5.91 Å². The SMILES string of the molecule is COc1c(Cl)cc(SNC(=O)C2(C)CCCCO2)cc1Cl. The number of nitrogens with one attached hydrogen (secondary N) is 1. The molecule has 0 aromatic heterocycles. The van der Waals surface area contributed by atoms with Crippen molar-refractivity contribution in [3.63, 3.8) is 0 Å². The third kappa shape index (κ3) is 3.97. The molecule has 0 radical (unpaired) electrons. The van der Waals surface area contributed by atoms with Crippen molar-refractivity contribution < 1.29 is 14.3 Å². The van der Waals surface area contributed by atoms with E-state index < -0.39 is 5.60 Å². The van der Waals surface area contributed by atoms with Gasteiger partial charge in [0.25, 0.3) is 5.91 Å². The number of methoxy groups -OCH3 is 1. The molecule has 1 fully saturated rings. The molecule has 1 heterocycles. The van der Waals surface area contributed by atoms with Crippen LogP contribution >= 0.6 is 35.1 Å². The summed E-state index contributed by atoms with van der Waals surface area (Å²) in [4.78, 5) is 13.0. The Morgan fingerprint density at radius 3 is 2.57 bits per heavy atom. The second-order valence-electron chi connectivity index (χ2n) is 4.99. The van der Waals surface area contributed by atoms with Crippen molar-refractivity contribution in [1.82, 2.24) is 4.72 Å². The third-order valence-corrected chi connectivity index (χ3v) is 4.71. The number of benzene rings is 1. The number of ether oxygens (including phenoxy) is 2. The van der Waals surface area contributed by atoms with Crippen molar-refractivity contribution in [2.45, 2.75) is 36.7 Å². The van der Waals surface area contributed by atoms with Gasteiger partial charge < -0.3 is 9.47 Å². The summed E-state index contributed by atoms with van der Waals surface area (Å²) in [5.41, 5.74) is -0.759. The van der Waals surface area contributed by atoms with Crippen LogP contribution in [0.1, 0.15) is 26.2 Å². The second-order valence-corrected chi connectivity index (χ2v) is 6.68. The van der Waals surface area contributed by atoms with Gasteiger partial charge in [0.1, 0.15) is 5.60 Å². The molecular formula is C14H17Cl2NO3S. The van der Waals surface area contributed by atoms with Crippen LogP contribution in [0.5, 0.6) is 5.75 Å². The van der Waals surface area contributed by atoms with Gasteiger partial charge in [0.15, 0.2) is 5.75 Å². The summed E-state index contributed by atoms with van der Waals surface area (Å²) in [5, 5.41) is 0.809. The van der Waals surface area contributed by atoms with Crippen LogP contribution in [0.2, 0.25) is 10.0 Å². The van der Waals surface area contributed by atoms with Crippen LogP contribution in [0.25, 0.3) is 0 Å². The molecule has 7 heteroatoms. The predicted molar refractivity (Wildman–Crippen MR) is 85.2 cm³/mol. The van der Waals surface area contributed by atoms with E-state index in [1.807, 2.05) is 6.92 Å². The second kappa shape index (κ2) is 7.09. The molecule has 0 aliphatic carbocycles. The normalized spacial score (nSPS) is 21.9. The van der Waals surface area contributed by atoms with Gasteiger partial charge in [0.2, 0.25) is 0 Å². The van der Waals surface area contributed by atoms with Crippen LogP contribution in [0.15, 0.2) is 17.0 Å². The van der Waals surface area contributed by atoms with E-state index in [9.17, 15) is 4.79 Å². The number of hydrogen-bond acceptors (Lipinski definition) is 4. The Bertz CT molecular complexity index is 510.